The topological polar surface area (TPSA) is 180 Å². The Hall–Kier alpha value is -0.400. The maximum atomic E-state index is 10.2. The summed E-state index contributed by atoms with van der Waals surface area (Å²) in [5.74, 6) is 0. The average molecular weight is 326 g/mol. The van der Waals surface area contributed by atoms with Crippen LogP contribution in [-0.2, 0) is 9.47 Å². The first kappa shape index (κ1) is 17.9. The lowest BCUT2D eigenvalue weighted by molar-refractivity contribution is -0.279. The van der Waals surface area contributed by atoms with Crippen LogP contribution in [0, 0.1) is 0 Å². The van der Waals surface area contributed by atoms with Crippen molar-refractivity contribution in [1.82, 2.24) is 0 Å². The SMILES string of the molecule is OC[C@H]1OC(C(O)[C@@H]2OCC(O)[C@H](O)[C@H]2O)[C@H](O)[C@@H](O)[C@H]1O. The predicted octanol–water partition coefficient (Wildman–Crippen LogP) is -5.33. The van der Waals surface area contributed by atoms with E-state index in [4.69, 9.17) is 14.6 Å². The quantitative estimate of drug-likeness (QED) is 0.249. The Morgan fingerprint density at radius 3 is 2.00 bits per heavy atom. The Labute approximate surface area is 125 Å². The lowest BCUT2D eigenvalue weighted by Crippen LogP contribution is -2.66. The molecule has 130 valence electrons. The van der Waals surface area contributed by atoms with Crippen molar-refractivity contribution >= 4 is 0 Å². The molecule has 0 aromatic rings. The van der Waals surface area contributed by atoms with E-state index < -0.39 is 67.6 Å². The molecule has 2 rings (SSSR count). The molecule has 2 aliphatic rings. The summed E-state index contributed by atoms with van der Waals surface area (Å²) in [7, 11) is 0. The Kier molecular flexibility index (Phi) is 5.72. The molecule has 2 heterocycles. The van der Waals surface area contributed by atoms with Gasteiger partial charge in [0.25, 0.3) is 0 Å². The molecule has 0 amide bonds. The Morgan fingerprint density at radius 2 is 1.41 bits per heavy atom. The fourth-order valence-electron chi connectivity index (χ4n) is 2.73. The summed E-state index contributed by atoms with van der Waals surface area (Å²) >= 11 is 0. The van der Waals surface area contributed by atoms with Crippen LogP contribution in [0.3, 0.4) is 0 Å². The molecule has 0 aliphatic carbocycles. The first-order valence-electron chi connectivity index (χ1n) is 6.94. The molecule has 0 spiro atoms. The lowest BCUT2D eigenvalue weighted by atomic mass is 9.87. The first-order valence-corrected chi connectivity index (χ1v) is 6.94. The molecule has 0 bridgehead atoms. The van der Waals surface area contributed by atoms with E-state index in [2.05, 4.69) is 0 Å². The molecular weight excluding hydrogens is 304 g/mol. The van der Waals surface area contributed by atoms with Gasteiger partial charge in [0.1, 0.15) is 61.0 Å². The van der Waals surface area contributed by atoms with Crippen LogP contribution in [0.5, 0.6) is 0 Å². The van der Waals surface area contributed by atoms with Gasteiger partial charge in [0.05, 0.1) is 13.2 Å². The third kappa shape index (κ3) is 3.12. The van der Waals surface area contributed by atoms with Gasteiger partial charge in [0.2, 0.25) is 0 Å². The van der Waals surface area contributed by atoms with E-state index >= 15 is 0 Å². The monoisotopic (exact) mass is 326 g/mol. The van der Waals surface area contributed by atoms with Crippen LogP contribution in [0.2, 0.25) is 0 Å². The number of aliphatic hydroxyl groups is 8. The maximum absolute atomic E-state index is 10.2. The van der Waals surface area contributed by atoms with Crippen LogP contribution in [0.25, 0.3) is 0 Å². The Balaban J connectivity index is 2.12. The van der Waals surface area contributed by atoms with Crippen LogP contribution in [-0.4, -0.2) is 115 Å². The molecule has 10 nitrogen and oxygen atoms in total. The average Bonchev–Trinajstić information content (AvgIpc) is 2.50. The largest absolute Gasteiger partial charge is 0.394 e. The van der Waals surface area contributed by atoms with Crippen LogP contribution < -0.4 is 0 Å². The van der Waals surface area contributed by atoms with Gasteiger partial charge >= 0.3 is 0 Å². The second-order valence-corrected chi connectivity index (χ2v) is 5.63. The molecule has 2 saturated heterocycles. The van der Waals surface area contributed by atoms with Gasteiger partial charge in [0.15, 0.2) is 0 Å². The fourth-order valence-corrected chi connectivity index (χ4v) is 2.73. The van der Waals surface area contributed by atoms with Crippen molar-refractivity contribution in [2.24, 2.45) is 0 Å². The van der Waals surface area contributed by atoms with Crippen LogP contribution >= 0.6 is 0 Å². The van der Waals surface area contributed by atoms with Gasteiger partial charge in [-0.3, -0.25) is 0 Å². The summed E-state index contributed by atoms with van der Waals surface area (Å²) in [5, 5.41) is 77.4. The Morgan fingerprint density at radius 1 is 0.818 bits per heavy atom. The molecule has 10 atom stereocenters. The van der Waals surface area contributed by atoms with Crippen molar-refractivity contribution in [1.29, 1.82) is 0 Å². The highest BCUT2D eigenvalue weighted by molar-refractivity contribution is 5.00. The van der Waals surface area contributed by atoms with Gasteiger partial charge in [-0.2, -0.15) is 0 Å². The number of rotatable bonds is 3. The van der Waals surface area contributed by atoms with Gasteiger partial charge in [-0.25, -0.2) is 0 Å². The molecule has 0 saturated carbocycles. The smallest absolute Gasteiger partial charge is 0.115 e. The molecule has 2 aliphatic heterocycles. The number of ether oxygens (including phenoxy) is 2. The van der Waals surface area contributed by atoms with E-state index in [0.717, 1.165) is 0 Å². The van der Waals surface area contributed by atoms with Crippen LogP contribution in [0.4, 0.5) is 0 Å². The van der Waals surface area contributed by atoms with Crippen molar-refractivity contribution in [2.45, 2.75) is 61.0 Å². The third-order valence-corrected chi connectivity index (χ3v) is 4.14. The minimum atomic E-state index is -1.70. The van der Waals surface area contributed by atoms with Crippen molar-refractivity contribution in [3.8, 4) is 0 Å². The molecule has 2 fully saturated rings. The summed E-state index contributed by atoms with van der Waals surface area (Å²) < 4.78 is 10.2. The van der Waals surface area contributed by atoms with Crippen LogP contribution in [0.1, 0.15) is 0 Å². The molecule has 0 radical (unpaired) electrons. The molecule has 10 heteroatoms. The van der Waals surface area contributed by atoms with Crippen molar-refractivity contribution in [2.75, 3.05) is 13.2 Å². The van der Waals surface area contributed by atoms with E-state index in [1.165, 1.54) is 0 Å². The minimum absolute atomic E-state index is 0.350. The zero-order chi connectivity index (χ0) is 16.6. The van der Waals surface area contributed by atoms with Gasteiger partial charge in [-0.15, -0.1) is 0 Å². The first-order chi connectivity index (χ1) is 10.3. The van der Waals surface area contributed by atoms with Gasteiger partial charge in [-0.05, 0) is 0 Å². The van der Waals surface area contributed by atoms with Crippen molar-refractivity contribution in [3.05, 3.63) is 0 Å². The normalized spacial score (nSPS) is 51.5. The Bertz CT molecular complexity index is 366. The highest BCUT2D eigenvalue weighted by Crippen LogP contribution is 2.28. The second kappa shape index (κ2) is 7.01. The van der Waals surface area contributed by atoms with Crippen molar-refractivity contribution < 1.29 is 50.3 Å². The van der Waals surface area contributed by atoms with Crippen LogP contribution in [0.15, 0.2) is 0 Å². The highest BCUT2D eigenvalue weighted by atomic mass is 16.6. The van der Waals surface area contributed by atoms with Gasteiger partial charge in [0, 0.05) is 0 Å². The molecule has 0 aromatic heterocycles. The van der Waals surface area contributed by atoms with E-state index in [1.807, 2.05) is 0 Å². The zero-order valence-electron chi connectivity index (χ0n) is 11.6. The van der Waals surface area contributed by atoms with E-state index in [1.54, 1.807) is 0 Å². The standard InChI is InChI=1S/C12H22O10/c13-1-4-6(16)7(17)9(19)12(22-4)10(20)11-8(18)5(15)3(14)2-21-11/h3-20H,1-2H2/t3?,4-,5+,6+,7+,8-,9-,10?,11-,12?/m1/s1. The summed E-state index contributed by atoms with van der Waals surface area (Å²) in [6.07, 6.45) is -15.2. The molecule has 0 aromatic carbocycles. The number of hydrogen-bond acceptors (Lipinski definition) is 10. The maximum Gasteiger partial charge on any atom is 0.115 e. The highest BCUT2D eigenvalue weighted by Gasteiger charge is 2.51. The lowest BCUT2D eigenvalue weighted by Gasteiger charge is -2.45. The van der Waals surface area contributed by atoms with Crippen molar-refractivity contribution in [3.63, 3.8) is 0 Å². The van der Waals surface area contributed by atoms with Gasteiger partial charge < -0.3 is 50.3 Å². The summed E-state index contributed by atoms with van der Waals surface area (Å²) in [4.78, 5) is 0. The summed E-state index contributed by atoms with van der Waals surface area (Å²) in [6.45, 7) is -1.01. The summed E-state index contributed by atoms with van der Waals surface area (Å²) in [6, 6.07) is 0. The van der Waals surface area contributed by atoms with E-state index in [9.17, 15) is 35.7 Å². The third-order valence-electron chi connectivity index (χ3n) is 4.14. The second-order valence-electron chi connectivity index (χ2n) is 5.63. The molecule has 8 N–H and O–H groups in total. The molecule has 3 unspecified atom stereocenters. The van der Waals surface area contributed by atoms with Gasteiger partial charge in [-0.1, -0.05) is 0 Å². The summed E-state index contributed by atoms with van der Waals surface area (Å²) in [5.41, 5.74) is 0. The number of hydrogen-bond donors (Lipinski definition) is 8. The fraction of sp³-hybridized carbons (Fsp3) is 1.00. The van der Waals surface area contributed by atoms with E-state index in [0.29, 0.717) is 0 Å². The zero-order valence-corrected chi connectivity index (χ0v) is 11.6. The molecule has 22 heavy (non-hydrogen) atoms. The number of aliphatic hydroxyl groups excluding tert-OH is 8. The van der Waals surface area contributed by atoms with E-state index in [-0.39, 0.29) is 6.61 Å². The molecular formula is C12H22O10. The predicted molar refractivity (Wildman–Crippen MR) is 67.5 cm³/mol. The minimum Gasteiger partial charge on any atom is -0.394 e.